The van der Waals surface area contributed by atoms with Crippen molar-refractivity contribution in [2.45, 2.75) is 57.1 Å². The van der Waals surface area contributed by atoms with Crippen LogP contribution in [0.3, 0.4) is 0 Å². The first-order valence-corrected chi connectivity index (χ1v) is 13.1. The van der Waals surface area contributed by atoms with Gasteiger partial charge < -0.3 is 33.7 Å². The van der Waals surface area contributed by atoms with Gasteiger partial charge in [-0.05, 0) is 38.8 Å². The molecule has 1 aliphatic heterocycles. The Labute approximate surface area is 213 Å². The van der Waals surface area contributed by atoms with Crippen molar-refractivity contribution in [2.75, 3.05) is 38.2 Å². The fourth-order valence-corrected chi connectivity index (χ4v) is 5.74. The summed E-state index contributed by atoms with van der Waals surface area (Å²) in [5.74, 6) is 2.82. The predicted molar refractivity (Wildman–Crippen MR) is 127 cm³/mol. The van der Waals surface area contributed by atoms with E-state index in [9.17, 15) is 9.36 Å². The summed E-state index contributed by atoms with van der Waals surface area (Å²) in [6.07, 6.45) is -0.629. The molecular formula is C19H30Cl2N5O8P. The molecule has 5 atom stereocenters. The summed E-state index contributed by atoms with van der Waals surface area (Å²) in [7, 11) is -1.64. The van der Waals surface area contributed by atoms with Crippen LogP contribution < -0.4 is 16.6 Å². The van der Waals surface area contributed by atoms with Gasteiger partial charge in [0.15, 0.2) is 16.8 Å². The number of nitrogens with two attached hydrogens (primary N) is 2. The standard InChI is InChI=1S/C19H30Cl2N5O8P/c1-6-31-16(27)17(35(28,29-4)30-5)32-8-9-7-10(13-12(9)33-19(2,3)34-13)26(23)15-11(22)14(20)24-18(21)25-15/h9-10,12-13,17H,6-8,22-23H2,1-5H3/t9-,10-,12-,13+,17?/m1/s1. The van der Waals surface area contributed by atoms with Gasteiger partial charge in [0, 0.05) is 20.1 Å². The Hall–Kier alpha value is -1.28. The molecule has 198 valence electrons. The van der Waals surface area contributed by atoms with E-state index < -0.39 is 43.4 Å². The third kappa shape index (κ3) is 5.84. The molecule has 2 heterocycles. The summed E-state index contributed by atoms with van der Waals surface area (Å²) in [6, 6.07) is -0.489. The van der Waals surface area contributed by atoms with Gasteiger partial charge in [-0.3, -0.25) is 9.57 Å². The number of hydrogen-bond donors (Lipinski definition) is 2. The van der Waals surface area contributed by atoms with Crippen LogP contribution in [-0.2, 0) is 37.4 Å². The van der Waals surface area contributed by atoms with E-state index in [-0.39, 0.29) is 41.1 Å². The number of aromatic nitrogens is 2. The lowest BCUT2D eigenvalue weighted by Crippen LogP contribution is -2.48. The molecule has 0 radical (unpaired) electrons. The molecule has 35 heavy (non-hydrogen) atoms. The number of ether oxygens (including phenoxy) is 4. The van der Waals surface area contributed by atoms with Crippen LogP contribution in [0.25, 0.3) is 0 Å². The van der Waals surface area contributed by atoms with Crippen LogP contribution in [-0.4, -0.2) is 73.3 Å². The summed E-state index contributed by atoms with van der Waals surface area (Å²) in [4.78, 5) is 20.4. The van der Waals surface area contributed by atoms with E-state index in [2.05, 4.69) is 9.97 Å². The number of esters is 1. The molecule has 0 aromatic carbocycles. The van der Waals surface area contributed by atoms with Crippen LogP contribution in [0.5, 0.6) is 0 Å². The SMILES string of the molecule is CCOC(=O)C(OC[C@H]1C[C@@H](N(N)c2nc(Cl)nc(Cl)c2N)[C@@H]2OC(C)(C)O[C@H]12)P(=O)(OC)OC. The lowest BCUT2D eigenvalue weighted by Gasteiger charge is -2.31. The molecule has 0 spiro atoms. The molecule has 3 rings (SSSR count). The Morgan fingerprint density at radius 3 is 2.49 bits per heavy atom. The number of fused-ring (bicyclic) bond motifs is 1. The fraction of sp³-hybridized carbons (Fsp3) is 0.737. The summed E-state index contributed by atoms with van der Waals surface area (Å²) in [5.41, 5.74) is 6.09. The van der Waals surface area contributed by atoms with Gasteiger partial charge in [0.25, 0.3) is 5.85 Å². The lowest BCUT2D eigenvalue weighted by molar-refractivity contribution is -0.164. The number of carbonyl (C=O) groups excluding carboxylic acids is 1. The highest BCUT2D eigenvalue weighted by atomic mass is 35.5. The van der Waals surface area contributed by atoms with E-state index >= 15 is 0 Å². The van der Waals surface area contributed by atoms with Gasteiger partial charge >= 0.3 is 13.6 Å². The number of hydrogen-bond acceptors (Lipinski definition) is 13. The summed E-state index contributed by atoms with van der Waals surface area (Å²) >= 11 is 12.0. The normalized spacial score (nSPS) is 26.4. The Morgan fingerprint density at radius 2 is 1.89 bits per heavy atom. The minimum Gasteiger partial charge on any atom is -0.464 e. The number of nitrogens with zero attached hydrogens (tertiary/aromatic N) is 3. The number of carbonyl (C=O) groups is 1. The zero-order chi connectivity index (χ0) is 26.1. The van der Waals surface area contributed by atoms with E-state index in [0.717, 1.165) is 14.2 Å². The maximum Gasteiger partial charge on any atom is 0.370 e. The van der Waals surface area contributed by atoms with Crippen LogP contribution in [0, 0.1) is 5.92 Å². The summed E-state index contributed by atoms with van der Waals surface area (Å²) < 4.78 is 45.9. The zero-order valence-corrected chi connectivity index (χ0v) is 22.4. The van der Waals surface area contributed by atoms with Crippen molar-refractivity contribution >= 4 is 48.3 Å². The van der Waals surface area contributed by atoms with Crippen LogP contribution >= 0.6 is 30.8 Å². The third-order valence-corrected chi connectivity index (χ3v) is 8.17. The van der Waals surface area contributed by atoms with Crippen molar-refractivity contribution in [3.05, 3.63) is 10.4 Å². The Kier molecular flexibility index (Phi) is 8.89. The van der Waals surface area contributed by atoms with Gasteiger partial charge in [0.2, 0.25) is 5.28 Å². The highest BCUT2D eigenvalue weighted by Gasteiger charge is 2.56. The quantitative estimate of drug-likeness (QED) is 0.107. The fourth-order valence-electron chi connectivity index (χ4n) is 4.24. The first-order valence-electron chi connectivity index (χ1n) is 10.7. The Morgan fingerprint density at radius 1 is 1.26 bits per heavy atom. The maximum absolute atomic E-state index is 13.0. The molecule has 1 saturated carbocycles. The van der Waals surface area contributed by atoms with Crippen molar-refractivity contribution in [1.29, 1.82) is 0 Å². The first kappa shape index (κ1) is 28.3. The highest BCUT2D eigenvalue weighted by molar-refractivity contribution is 7.55. The summed E-state index contributed by atoms with van der Waals surface area (Å²) in [5, 5.41) is 1.15. The van der Waals surface area contributed by atoms with Gasteiger partial charge in [0.05, 0.1) is 25.4 Å². The average Bonchev–Trinajstić information content (AvgIpc) is 3.28. The first-order chi connectivity index (χ1) is 16.4. The van der Waals surface area contributed by atoms with Crippen LogP contribution in [0.15, 0.2) is 0 Å². The molecule has 0 bridgehead atoms. The lowest BCUT2D eigenvalue weighted by atomic mass is 10.1. The number of rotatable bonds is 10. The molecule has 2 aliphatic rings. The smallest absolute Gasteiger partial charge is 0.370 e. The molecule has 1 aromatic heterocycles. The van der Waals surface area contributed by atoms with Crippen molar-refractivity contribution in [3.8, 4) is 0 Å². The Balaban J connectivity index is 1.86. The second kappa shape index (κ2) is 11.0. The van der Waals surface area contributed by atoms with Crippen LogP contribution in [0.2, 0.25) is 10.4 Å². The molecule has 1 unspecified atom stereocenters. The molecule has 1 aliphatic carbocycles. The number of nitrogen functional groups attached to an aromatic ring is 1. The second-order valence-electron chi connectivity index (χ2n) is 8.40. The van der Waals surface area contributed by atoms with E-state index in [1.165, 1.54) is 5.01 Å². The van der Waals surface area contributed by atoms with Crippen molar-refractivity contribution < 1.29 is 37.4 Å². The minimum absolute atomic E-state index is 0.0408. The molecule has 16 heteroatoms. The highest BCUT2D eigenvalue weighted by Crippen LogP contribution is 2.53. The van der Waals surface area contributed by atoms with Crippen LogP contribution in [0.4, 0.5) is 11.5 Å². The van der Waals surface area contributed by atoms with Crippen LogP contribution in [0.1, 0.15) is 27.2 Å². The molecule has 4 N–H and O–H groups in total. The topological polar surface area (TPSA) is 171 Å². The van der Waals surface area contributed by atoms with Crippen molar-refractivity contribution in [3.63, 3.8) is 0 Å². The number of anilines is 2. The molecule has 2 fully saturated rings. The van der Waals surface area contributed by atoms with E-state index in [4.69, 9.17) is 62.8 Å². The maximum atomic E-state index is 13.0. The van der Waals surface area contributed by atoms with Gasteiger partial charge in [-0.15, -0.1) is 0 Å². The molecule has 0 amide bonds. The molecule has 1 aromatic rings. The monoisotopic (exact) mass is 557 g/mol. The molecule has 1 saturated heterocycles. The minimum atomic E-state index is -3.95. The van der Waals surface area contributed by atoms with Gasteiger partial charge in [-0.25, -0.2) is 15.6 Å². The van der Waals surface area contributed by atoms with E-state index in [1.807, 2.05) is 0 Å². The van der Waals surface area contributed by atoms with E-state index in [1.54, 1.807) is 20.8 Å². The average molecular weight is 558 g/mol. The Bertz CT molecular complexity index is 981. The largest absolute Gasteiger partial charge is 0.464 e. The van der Waals surface area contributed by atoms with Gasteiger partial charge in [0.1, 0.15) is 11.8 Å². The summed E-state index contributed by atoms with van der Waals surface area (Å²) in [6.45, 7) is 5.14. The zero-order valence-electron chi connectivity index (χ0n) is 20.0. The number of hydrazine groups is 1. The van der Waals surface area contributed by atoms with E-state index in [0.29, 0.717) is 6.42 Å². The third-order valence-electron chi connectivity index (χ3n) is 5.76. The van der Waals surface area contributed by atoms with Gasteiger partial charge in [-0.2, -0.15) is 4.98 Å². The van der Waals surface area contributed by atoms with Crippen molar-refractivity contribution in [1.82, 2.24) is 9.97 Å². The molecule has 13 nitrogen and oxygen atoms in total. The molecular weight excluding hydrogens is 528 g/mol. The van der Waals surface area contributed by atoms with Crippen molar-refractivity contribution in [2.24, 2.45) is 11.8 Å². The second-order valence-corrected chi connectivity index (χ2v) is 11.4. The predicted octanol–water partition coefficient (Wildman–Crippen LogP) is 2.35. The number of halogens is 2. The van der Waals surface area contributed by atoms with Gasteiger partial charge in [-0.1, -0.05) is 11.6 Å².